The molecule has 104 valence electrons. The van der Waals surface area contributed by atoms with E-state index < -0.39 is 17.6 Å². The summed E-state index contributed by atoms with van der Waals surface area (Å²) in [7, 11) is 0. The summed E-state index contributed by atoms with van der Waals surface area (Å²) in [6, 6.07) is -1.42. The molecule has 1 aliphatic carbocycles. The number of primary amides is 1. The van der Waals surface area contributed by atoms with Crippen LogP contribution in [0, 0.1) is 5.92 Å². The fourth-order valence-electron chi connectivity index (χ4n) is 2.61. The smallest absolute Gasteiger partial charge is 0.312 e. The lowest BCUT2D eigenvalue weighted by molar-refractivity contribution is -0.125. The maximum absolute atomic E-state index is 11.9. The van der Waals surface area contributed by atoms with Crippen molar-refractivity contribution in [3.63, 3.8) is 0 Å². The Labute approximate surface area is 107 Å². The number of aliphatic hydroxyl groups excluding tert-OH is 1. The van der Waals surface area contributed by atoms with Crippen molar-refractivity contribution in [1.82, 2.24) is 10.6 Å². The molecule has 0 aliphatic heterocycles. The molecule has 6 heteroatoms. The van der Waals surface area contributed by atoms with E-state index in [0.717, 1.165) is 25.7 Å². The molecule has 1 rings (SSSR count). The van der Waals surface area contributed by atoms with E-state index in [9.17, 15) is 14.7 Å². The second-order valence-corrected chi connectivity index (χ2v) is 5.36. The lowest BCUT2D eigenvalue weighted by atomic mass is 9.76. The predicted molar refractivity (Wildman–Crippen MR) is 67.8 cm³/mol. The summed E-state index contributed by atoms with van der Waals surface area (Å²) in [5.74, 6) is 0.169. The van der Waals surface area contributed by atoms with Gasteiger partial charge in [-0.25, -0.2) is 4.79 Å². The molecule has 0 saturated heterocycles. The van der Waals surface area contributed by atoms with Gasteiger partial charge in [-0.05, 0) is 25.7 Å². The first kappa shape index (κ1) is 14.8. The van der Waals surface area contributed by atoms with Crippen LogP contribution in [0.3, 0.4) is 0 Å². The van der Waals surface area contributed by atoms with E-state index in [1.165, 1.54) is 0 Å². The summed E-state index contributed by atoms with van der Waals surface area (Å²) in [6.07, 6.45) is 3.63. The summed E-state index contributed by atoms with van der Waals surface area (Å²) in [5, 5.41) is 14.7. The highest BCUT2D eigenvalue weighted by Crippen LogP contribution is 2.31. The van der Waals surface area contributed by atoms with Gasteiger partial charge in [0, 0.05) is 0 Å². The molecule has 18 heavy (non-hydrogen) atoms. The molecule has 3 unspecified atom stereocenters. The van der Waals surface area contributed by atoms with Gasteiger partial charge in [-0.15, -0.1) is 0 Å². The second kappa shape index (κ2) is 6.04. The van der Waals surface area contributed by atoms with Gasteiger partial charge in [0.15, 0.2) is 0 Å². The molecule has 1 aliphatic rings. The number of carbonyl (C=O) groups is 2. The van der Waals surface area contributed by atoms with E-state index in [1.54, 1.807) is 6.92 Å². The van der Waals surface area contributed by atoms with Crippen molar-refractivity contribution >= 4 is 11.9 Å². The van der Waals surface area contributed by atoms with Crippen molar-refractivity contribution in [3.8, 4) is 0 Å². The molecular formula is C12H23N3O3. The first-order valence-corrected chi connectivity index (χ1v) is 6.37. The Kier molecular flexibility index (Phi) is 4.95. The lowest BCUT2D eigenvalue weighted by Crippen LogP contribution is -2.58. The van der Waals surface area contributed by atoms with E-state index >= 15 is 0 Å². The Morgan fingerprint density at radius 3 is 2.72 bits per heavy atom. The summed E-state index contributed by atoms with van der Waals surface area (Å²) < 4.78 is 0. The number of hydrogen-bond acceptors (Lipinski definition) is 3. The molecule has 1 saturated carbocycles. The fraction of sp³-hybridized carbons (Fsp3) is 0.833. The van der Waals surface area contributed by atoms with Crippen molar-refractivity contribution in [2.45, 2.75) is 51.1 Å². The topological polar surface area (TPSA) is 104 Å². The Balaban J connectivity index is 2.61. The van der Waals surface area contributed by atoms with E-state index in [0.29, 0.717) is 5.92 Å². The third-order valence-electron chi connectivity index (χ3n) is 3.53. The van der Waals surface area contributed by atoms with Crippen LogP contribution in [0.25, 0.3) is 0 Å². The molecule has 3 amide bonds. The van der Waals surface area contributed by atoms with Gasteiger partial charge in [-0.2, -0.15) is 0 Å². The molecule has 0 spiro atoms. The minimum atomic E-state index is -0.729. The average molecular weight is 257 g/mol. The molecular weight excluding hydrogens is 234 g/mol. The minimum absolute atomic E-state index is 0.0770. The molecule has 6 nitrogen and oxygen atoms in total. The maximum Gasteiger partial charge on any atom is 0.312 e. The van der Waals surface area contributed by atoms with Gasteiger partial charge >= 0.3 is 6.03 Å². The molecule has 0 radical (unpaired) electrons. The molecule has 0 aromatic rings. The zero-order chi connectivity index (χ0) is 13.8. The summed E-state index contributed by atoms with van der Waals surface area (Å²) >= 11 is 0. The highest BCUT2D eigenvalue weighted by Gasteiger charge is 2.36. The standard InChI is InChI=1S/C12H23N3O3/c1-8-4-3-5-12(6-8,7-16)15-10(17)9(2)14-11(13)18/h8-9,16H,3-7H2,1-2H3,(H,15,17)(H3,13,14,18). The second-order valence-electron chi connectivity index (χ2n) is 5.36. The normalized spacial score (nSPS) is 29.4. The fourth-order valence-corrected chi connectivity index (χ4v) is 2.61. The van der Waals surface area contributed by atoms with E-state index in [2.05, 4.69) is 17.6 Å². The summed E-state index contributed by atoms with van der Waals surface area (Å²) in [4.78, 5) is 22.6. The van der Waals surface area contributed by atoms with Gasteiger partial charge < -0.3 is 21.5 Å². The molecule has 5 N–H and O–H groups in total. The van der Waals surface area contributed by atoms with Crippen molar-refractivity contribution < 1.29 is 14.7 Å². The van der Waals surface area contributed by atoms with Crippen LogP contribution in [0.15, 0.2) is 0 Å². The Morgan fingerprint density at radius 2 is 2.22 bits per heavy atom. The third kappa shape index (κ3) is 3.87. The van der Waals surface area contributed by atoms with Crippen LogP contribution in [0.1, 0.15) is 39.5 Å². The summed E-state index contributed by atoms with van der Waals surface area (Å²) in [6.45, 7) is 3.60. The van der Waals surface area contributed by atoms with Crippen molar-refractivity contribution in [2.24, 2.45) is 11.7 Å². The zero-order valence-corrected chi connectivity index (χ0v) is 11.0. The van der Waals surface area contributed by atoms with E-state index in [4.69, 9.17) is 5.73 Å². The Morgan fingerprint density at radius 1 is 1.56 bits per heavy atom. The monoisotopic (exact) mass is 257 g/mol. The molecule has 0 aromatic carbocycles. The number of hydrogen-bond donors (Lipinski definition) is 4. The van der Waals surface area contributed by atoms with E-state index in [-0.39, 0.29) is 12.5 Å². The largest absolute Gasteiger partial charge is 0.394 e. The first-order chi connectivity index (χ1) is 8.38. The number of urea groups is 1. The lowest BCUT2D eigenvalue weighted by Gasteiger charge is -2.40. The van der Waals surface area contributed by atoms with Crippen LogP contribution in [0.2, 0.25) is 0 Å². The Bertz CT molecular complexity index is 322. The average Bonchev–Trinajstić information content (AvgIpc) is 2.28. The number of rotatable bonds is 4. The van der Waals surface area contributed by atoms with E-state index in [1.807, 2.05) is 0 Å². The van der Waals surface area contributed by atoms with Gasteiger partial charge in [0.25, 0.3) is 0 Å². The van der Waals surface area contributed by atoms with Gasteiger partial charge in [-0.3, -0.25) is 4.79 Å². The highest BCUT2D eigenvalue weighted by atomic mass is 16.3. The van der Waals surface area contributed by atoms with Gasteiger partial charge in [0.2, 0.25) is 5.91 Å². The number of nitrogens with one attached hydrogen (secondary N) is 2. The molecule has 0 bridgehead atoms. The van der Waals surface area contributed by atoms with Crippen LogP contribution in [-0.2, 0) is 4.79 Å². The molecule has 0 aromatic heterocycles. The van der Waals surface area contributed by atoms with Crippen LogP contribution in [0.4, 0.5) is 4.79 Å². The molecule has 1 fully saturated rings. The zero-order valence-electron chi connectivity index (χ0n) is 11.0. The first-order valence-electron chi connectivity index (χ1n) is 6.37. The van der Waals surface area contributed by atoms with Gasteiger partial charge in [0.05, 0.1) is 12.1 Å². The van der Waals surface area contributed by atoms with Crippen LogP contribution >= 0.6 is 0 Å². The SMILES string of the molecule is CC1CCCC(CO)(NC(=O)C(C)NC(N)=O)C1. The number of aliphatic hydroxyl groups is 1. The predicted octanol–water partition coefficient (Wildman–Crippen LogP) is 0.101. The van der Waals surface area contributed by atoms with Crippen LogP contribution in [0.5, 0.6) is 0 Å². The van der Waals surface area contributed by atoms with Crippen LogP contribution in [-0.4, -0.2) is 35.2 Å². The quantitative estimate of drug-likeness (QED) is 0.574. The number of nitrogens with two attached hydrogens (primary N) is 1. The molecule has 3 atom stereocenters. The van der Waals surface area contributed by atoms with Gasteiger partial charge in [-0.1, -0.05) is 19.8 Å². The van der Waals surface area contributed by atoms with Crippen molar-refractivity contribution in [2.75, 3.05) is 6.61 Å². The third-order valence-corrected chi connectivity index (χ3v) is 3.53. The summed E-state index contributed by atoms with van der Waals surface area (Å²) in [5.41, 5.74) is 4.42. The number of amides is 3. The maximum atomic E-state index is 11.9. The van der Waals surface area contributed by atoms with Crippen LogP contribution < -0.4 is 16.4 Å². The van der Waals surface area contributed by atoms with Crippen molar-refractivity contribution in [3.05, 3.63) is 0 Å². The van der Waals surface area contributed by atoms with Gasteiger partial charge in [0.1, 0.15) is 6.04 Å². The number of carbonyl (C=O) groups excluding carboxylic acids is 2. The minimum Gasteiger partial charge on any atom is -0.394 e. The molecule has 0 heterocycles. The van der Waals surface area contributed by atoms with Crippen molar-refractivity contribution in [1.29, 1.82) is 0 Å². The Hall–Kier alpha value is -1.30. The highest BCUT2D eigenvalue weighted by molar-refractivity contribution is 5.86.